The van der Waals surface area contributed by atoms with Gasteiger partial charge >= 0.3 is 0 Å². The van der Waals surface area contributed by atoms with E-state index in [1.807, 2.05) is 31.8 Å². The molecule has 2 aromatic heterocycles. The molecule has 0 saturated heterocycles. The summed E-state index contributed by atoms with van der Waals surface area (Å²) in [6, 6.07) is 0. The second-order valence-corrected chi connectivity index (χ2v) is 4.88. The van der Waals surface area contributed by atoms with Crippen LogP contribution in [0.1, 0.15) is 29.6 Å². The lowest BCUT2D eigenvalue weighted by Gasteiger charge is -2.10. The molecule has 0 fully saturated rings. The predicted molar refractivity (Wildman–Crippen MR) is 76.4 cm³/mol. The van der Waals surface area contributed by atoms with Crippen LogP contribution in [0.5, 0.6) is 0 Å². The van der Waals surface area contributed by atoms with E-state index in [-0.39, 0.29) is 0 Å². The molecule has 0 radical (unpaired) electrons. The lowest BCUT2D eigenvalue weighted by Crippen LogP contribution is -2.06. The molecule has 102 valence electrons. The van der Waals surface area contributed by atoms with Crippen molar-refractivity contribution in [3.63, 3.8) is 0 Å². The Morgan fingerprint density at radius 3 is 2.74 bits per heavy atom. The molecule has 0 aliphatic rings. The van der Waals surface area contributed by atoms with Crippen LogP contribution in [-0.4, -0.2) is 19.7 Å². The highest BCUT2D eigenvalue weighted by Gasteiger charge is 2.09. The van der Waals surface area contributed by atoms with Crippen molar-refractivity contribution in [3.05, 3.63) is 34.0 Å². The van der Waals surface area contributed by atoms with Gasteiger partial charge in [0.05, 0.1) is 5.69 Å². The number of nitrogens with one attached hydrogen (secondary N) is 1. The minimum Gasteiger partial charge on any atom is -0.365 e. The van der Waals surface area contributed by atoms with Gasteiger partial charge in [-0.3, -0.25) is 4.68 Å². The van der Waals surface area contributed by atoms with Crippen LogP contribution in [0.25, 0.3) is 0 Å². The molecule has 0 bridgehead atoms. The van der Waals surface area contributed by atoms with Crippen LogP contribution in [-0.2, 0) is 20.0 Å². The van der Waals surface area contributed by atoms with Gasteiger partial charge in [0.1, 0.15) is 16.8 Å². The normalized spacial score (nSPS) is 10.8. The topological polar surface area (TPSA) is 55.6 Å². The van der Waals surface area contributed by atoms with E-state index in [4.69, 9.17) is 11.6 Å². The summed E-state index contributed by atoms with van der Waals surface area (Å²) in [4.78, 5) is 8.50. The van der Waals surface area contributed by atoms with Crippen LogP contribution in [0, 0.1) is 13.8 Å². The van der Waals surface area contributed by atoms with Crippen molar-refractivity contribution in [2.24, 2.45) is 7.05 Å². The van der Waals surface area contributed by atoms with Crippen LogP contribution in [0.2, 0.25) is 5.15 Å². The number of halogens is 1. The summed E-state index contributed by atoms with van der Waals surface area (Å²) in [6.45, 7) is 6.53. The van der Waals surface area contributed by atoms with E-state index >= 15 is 0 Å². The van der Waals surface area contributed by atoms with Crippen LogP contribution >= 0.6 is 11.6 Å². The minimum absolute atomic E-state index is 0.497. The first-order valence-corrected chi connectivity index (χ1v) is 6.65. The molecule has 0 aliphatic heterocycles. The first-order chi connectivity index (χ1) is 9.01. The average molecular weight is 280 g/mol. The summed E-state index contributed by atoms with van der Waals surface area (Å²) in [7, 11) is 1.93. The number of aromatic nitrogens is 4. The van der Waals surface area contributed by atoms with Crippen LogP contribution in [0.3, 0.4) is 0 Å². The van der Waals surface area contributed by atoms with Crippen molar-refractivity contribution >= 4 is 17.4 Å². The molecule has 1 N–H and O–H groups in total. The Balaban J connectivity index is 2.18. The highest BCUT2D eigenvalue weighted by Crippen LogP contribution is 2.20. The second-order valence-electron chi connectivity index (χ2n) is 4.52. The number of hydrogen-bond acceptors (Lipinski definition) is 4. The Kier molecular flexibility index (Phi) is 4.04. The molecule has 0 amide bonds. The number of hydrogen-bond donors (Lipinski definition) is 1. The Labute approximate surface area is 118 Å². The van der Waals surface area contributed by atoms with Crippen molar-refractivity contribution in [2.75, 3.05) is 5.32 Å². The highest BCUT2D eigenvalue weighted by molar-refractivity contribution is 6.30. The highest BCUT2D eigenvalue weighted by atomic mass is 35.5. The first kappa shape index (κ1) is 13.8. The van der Waals surface area contributed by atoms with Crippen molar-refractivity contribution in [3.8, 4) is 0 Å². The van der Waals surface area contributed by atoms with Crippen LogP contribution < -0.4 is 5.32 Å². The molecule has 0 saturated carbocycles. The molecule has 5 nitrogen and oxygen atoms in total. The summed E-state index contributed by atoms with van der Waals surface area (Å²) in [5.74, 6) is 1.45. The fourth-order valence-corrected chi connectivity index (χ4v) is 2.19. The maximum atomic E-state index is 6.06. The van der Waals surface area contributed by atoms with Crippen molar-refractivity contribution in [2.45, 2.75) is 33.7 Å². The zero-order chi connectivity index (χ0) is 14.0. The summed E-state index contributed by atoms with van der Waals surface area (Å²) >= 11 is 6.06. The molecular weight excluding hydrogens is 262 g/mol. The smallest absolute Gasteiger partial charge is 0.137 e. The minimum atomic E-state index is 0.497. The SMILES string of the molecule is CCc1nn(C)cc1CNc1nc(C)nc(Cl)c1C. The third kappa shape index (κ3) is 3.04. The molecule has 0 aliphatic carbocycles. The summed E-state index contributed by atoms with van der Waals surface area (Å²) in [6.07, 6.45) is 2.94. The van der Waals surface area contributed by atoms with E-state index in [1.54, 1.807) is 0 Å². The zero-order valence-corrected chi connectivity index (χ0v) is 12.4. The Hall–Kier alpha value is -1.62. The molecule has 0 aromatic carbocycles. The molecule has 0 spiro atoms. The molecule has 2 aromatic rings. The standard InChI is InChI=1S/C13H18ClN5/c1-5-11-10(7-19(4)18-11)6-15-13-8(2)12(14)16-9(3)17-13/h7H,5-6H2,1-4H3,(H,15,16,17). The fourth-order valence-electron chi connectivity index (χ4n) is 1.97. The molecular formula is C13H18ClN5. The predicted octanol–water partition coefficient (Wildman–Crippen LogP) is 2.65. The van der Waals surface area contributed by atoms with Gasteiger partial charge < -0.3 is 5.32 Å². The van der Waals surface area contributed by atoms with E-state index in [0.717, 1.165) is 23.5 Å². The average Bonchev–Trinajstić information content (AvgIpc) is 2.72. The van der Waals surface area contributed by atoms with Gasteiger partial charge in [-0.15, -0.1) is 0 Å². The molecule has 6 heteroatoms. The van der Waals surface area contributed by atoms with E-state index in [1.165, 1.54) is 5.56 Å². The Bertz CT molecular complexity index is 591. The van der Waals surface area contributed by atoms with Gasteiger partial charge in [0.15, 0.2) is 0 Å². The van der Waals surface area contributed by atoms with Gasteiger partial charge in [-0.25, -0.2) is 9.97 Å². The summed E-state index contributed by atoms with van der Waals surface area (Å²) < 4.78 is 1.83. The van der Waals surface area contributed by atoms with Gasteiger partial charge in [0.25, 0.3) is 0 Å². The van der Waals surface area contributed by atoms with Crippen molar-refractivity contribution < 1.29 is 0 Å². The van der Waals surface area contributed by atoms with E-state index in [2.05, 4.69) is 27.3 Å². The monoisotopic (exact) mass is 279 g/mol. The van der Waals surface area contributed by atoms with E-state index < -0.39 is 0 Å². The van der Waals surface area contributed by atoms with Crippen LogP contribution in [0.15, 0.2) is 6.20 Å². The Morgan fingerprint density at radius 1 is 1.32 bits per heavy atom. The van der Waals surface area contributed by atoms with E-state index in [9.17, 15) is 0 Å². The summed E-state index contributed by atoms with van der Waals surface area (Å²) in [5, 5.41) is 8.22. The second kappa shape index (κ2) is 5.57. The van der Waals surface area contributed by atoms with Crippen molar-refractivity contribution in [1.82, 2.24) is 19.7 Å². The van der Waals surface area contributed by atoms with Gasteiger partial charge in [-0.2, -0.15) is 5.10 Å². The maximum Gasteiger partial charge on any atom is 0.137 e. The third-order valence-electron chi connectivity index (χ3n) is 2.97. The largest absolute Gasteiger partial charge is 0.365 e. The molecule has 0 atom stereocenters. The number of anilines is 1. The maximum absolute atomic E-state index is 6.06. The molecule has 2 heterocycles. The molecule has 19 heavy (non-hydrogen) atoms. The van der Waals surface area contributed by atoms with Crippen molar-refractivity contribution in [1.29, 1.82) is 0 Å². The molecule has 2 rings (SSSR count). The summed E-state index contributed by atoms with van der Waals surface area (Å²) in [5.41, 5.74) is 3.15. The van der Waals surface area contributed by atoms with E-state index in [0.29, 0.717) is 17.5 Å². The number of nitrogens with zero attached hydrogens (tertiary/aromatic N) is 4. The first-order valence-electron chi connectivity index (χ1n) is 6.27. The van der Waals surface area contributed by atoms with Gasteiger partial charge in [0, 0.05) is 30.9 Å². The van der Waals surface area contributed by atoms with Crippen LogP contribution in [0.4, 0.5) is 5.82 Å². The number of aryl methyl sites for hydroxylation is 3. The van der Waals surface area contributed by atoms with Gasteiger partial charge in [0.2, 0.25) is 0 Å². The molecule has 0 unspecified atom stereocenters. The zero-order valence-electron chi connectivity index (χ0n) is 11.7. The van der Waals surface area contributed by atoms with Gasteiger partial charge in [-0.1, -0.05) is 18.5 Å². The lowest BCUT2D eigenvalue weighted by molar-refractivity contribution is 0.746. The quantitative estimate of drug-likeness (QED) is 0.874. The van der Waals surface area contributed by atoms with Gasteiger partial charge in [-0.05, 0) is 20.3 Å². The third-order valence-corrected chi connectivity index (χ3v) is 3.34. The fraction of sp³-hybridized carbons (Fsp3) is 0.462. The Morgan fingerprint density at radius 2 is 2.05 bits per heavy atom. The number of rotatable bonds is 4. The lowest BCUT2D eigenvalue weighted by atomic mass is 10.2.